The van der Waals surface area contributed by atoms with Gasteiger partial charge in [-0.15, -0.1) is 0 Å². The molecule has 1 heterocycles. The molecule has 0 atom stereocenters. The number of hydrogen-bond donors (Lipinski definition) is 1. The van der Waals surface area contributed by atoms with Gasteiger partial charge in [0.05, 0.1) is 18.9 Å². The number of hydrazone groups is 1. The zero-order valence-electron chi connectivity index (χ0n) is 9.47. The number of furan rings is 1. The van der Waals surface area contributed by atoms with E-state index in [1.165, 1.54) is 24.6 Å². The molecular formula is C13H11FN2O2. The van der Waals surface area contributed by atoms with Crippen LogP contribution in [0, 0.1) is 5.82 Å². The van der Waals surface area contributed by atoms with Crippen molar-refractivity contribution in [2.45, 2.75) is 6.42 Å². The number of hydrogen-bond acceptors (Lipinski definition) is 3. The van der Waals surface area contributed by atoms with E-state index in [1.807, 2.05) is 0 Å². The predicted molar refractivity (Wildman–Crippen MR) is 64.5 cm³/mol. The maximum atomic E-state index is 12.6. The van der Waals surface area contributed by atoms with Gasteiger partial charge in [0.25, 0.3) is 0 Å². The van der Waals surface area contributed by atoms with Crippen LogP contribution in [0.25, 0.3) is 0 Å². The van der Waals surface area contributed by atoms with Crippen molar-refractivity contribution in [3.8, 4) is 0 Å². The second-order valence-electron chi connectivity index (χ2n) is 3.61. The van der Waals surface area contributed by atoms with E-state index in [0.29, 0.717) is 5.76 Å². The quantitative estimate of drug-likeness (QED) is 0.663. The average Bonchev–Trinajstić information content (AvgIpc) is 2.85. The molecule has 0 fully saturated rings. The molecule has 0 aliphatic rings. The number of benzene rings is 1. The van der Waals surface area contributed by atoms with E-state index in [9.17, 15) is 9.18 Å². The molecule has 1 N–H and O–H groups in total. The molecular weight excluding hydrogens is 235 g/mol. The van der Waals surface area contributed by atoms with E-state index >= 15 is 0 Å². The number of nitrogens with one attached hydrogen (secondary N) is 1. The summed E-state index contributed by atoms with van der Waals surface area (Å²) in [5.74, 6) is -0.0449. The van der Waals surface area contributed by atoms with Gasteiger partial charge in [-0.25, -0.2) is 9.82 Å². The standard InChI is InChI=1S/C13H11FN2O2/c14-11-5-3-10(4-6-11)8-13(17)16-15-9-12-2-1-7-18-12/h1-7,9H,8H2,(H,16,17)/b15-9+. The van der Waals surface area contributed by atoms with E-state index in [-0.39, 0.29) is 18.1 Å². The maximum absolute atomic E-state index is 12.6. The minimum absolute atomic E-state index is 0.149. The van der Waals surface area contributed by atoms with Crippen molar-refractivity contribution in [2.75, 3.05) is 0 Å². The summed E-state index contributed by atoms with van der Waals surface area (Å²) < 4.78 is 17.7. The minimum atomic E-state index is -0.324. The summed E-state index contributed by atoms with van der Waals surface area (Å²) in [5, 5.41) is 3.74. The fraction of sp³-hybridized carbons (Fsp3) is 0.0769. The van der Waals surface area contributed by atoms with Crippen molar-refractivity contribution >= 4 is 12.1 Å². The lowest BCUT2D eigenvalue weighted by atomic mass is 10.1. The van der Waals surface area contributed by atoms with Crippen LogP contribution >= 0.6 is 0 Å². The molecule has 4 nitrogen and oxygen atoms in total. The molecule has 0 radical (unpaired) electrons. The Hall–Kier alpha value is -2.43. The van der Waals surface area contributed by atoms with Crippen LogP contribution in [0.4, 0.5) is 4.39 Å². The number of nitrogens with zero attached hydrogens (tertiary/aromatic N) is 1. The van der Waals surface area contributed by atoms with Gasteiger partial charge in [-0.3, -0.25) is 4.79 Å². The third kappa shape index (κ3) is 3.55. The van der Waals surface area contributed by atoms with Crippen molar-refractivity contribution in [1.82, 2.24) is 5.43 Å². The van der Waals surface area contributed by atoms with Crippen molar-refractivity contribution in [3.05, 3.63) is 59.8 Å². The largest absolute Gasteiger partial charge is 0.463 e. The topological polar surface area (TPSA) is 54.6 Å². The van der Waals surface area contributed by atoms with Gasteiger partial charge in [-0.05, 0) is 29.8 Å². The zero-order chi connectivity index (χ0) is 12.8. The first kappa shape index (κ1) is 12.0. The Kier molecular flexibility index (Phi) is 3.86. The molecule has 0 saturated carbocycles. The highest BCUT2D eigenvalue weighted by atomic mass is 19.1. The fourth-order valence-electron chi connectivity index (χ4n) is 1.36. The average molecular weight is 246 g/mol. The van der Waals surface area contributed by atoms with Gasteiger partial charge in [0.15, 0.2) is 0 Å². The maximum Gasteiger partial charge on any atom is 0.244 e. The first-order chi connectivity index (χ1) is 8.74. The molecule has 2 rings (SSSR count). The second kappa shape index (κ2) is 5.77. The number of halogens is 1. The van der Waals surface area contributed by atoms with Gasteiger partial charge in [0, 0.05) is 0 Å². The molecule has 1 aromatic heterocycles. The lowest BCUT2D eigenvalue weighted by Gasteiger charge is -1.99. The highest BCUT2D eigenvalue weighted by Crippen LogP contribution is 2.03. The Bertz CT molecular complexity index is 533. The van der Waals surface area contributed by atoms with E-state index in [1.54, 1.807) is 24.3 Å². The third-order valence-electron chi connectivity index (χ3n) is 2.20. The third-order valence-corrected chi connectivity index (χ3v) is 2.20. The summed E-state index contributed by atoms with van der Waals surface area (Å²) in [7, 11) is 0. The normalized spacial score (nSPS) is 10.7. The van der Waals surface area contributed by atoms with Crippen molar-refractivity contribution in [1.29, 1.82) is 0 Å². The lowest BCUT2D eigenvalue weighted by Crippen LogP contribution is -2.19. The molecule has 0 unspecified atom stereocenters. The number of amides is 1. The van der Waals surface area contributed by atoms with Crippen molar-refractivity contribution in [3.63, 3.8) is 0 Å². The minimum Gasteiger partial charge on any atom is -0.463 e. The molecule has 1 aromatic carbocycles. The Morgan fingerprint density at radius 2 is 2.11 bits per heavy atom. The highest BCUT2D eigenvalue weighted by Gasteiger charge is 2.02. The van der Waals surface area contributed by atoms with Crippen LogP contribution in [0.5, 0.6) is 0 Å². The Morgan fingerprint density at radius 1 is 1.33 bits per heavy atom. The van der Waals surface area contributed by atoms with E-state index < -0.39 is 0 Å². The number of carbonyl (C=O) groups is 1. The van der Waals surface area contributed by atoms with Crippen LogP contribution in [-0.4, -0.2) is 12.1 Å². The number of carbonyl (C=O) groups excluding carboxylic acids is 1. The van der Waals surface area contributed by atoms with Crippen LogP contribution < -0.4 is 5.43 Å². The van der Waals surface area contributed by atoms with E-state index in [2.05, 4.69) is 10.5 Å². The van der Waals surface area contributed by atoms with Crippen LogP contribution in [0.15, 0.2) is 52.2 Å². The summed E-state index contributed by atoms with van der Waals surface area (Å²) >= 11 is 0. The van der Waals surface area contributed by atoms with Crippen LogP contribution in [0.1, 0.15) is 11.3 Å². The molecule has 2 aromatic rings. The van der Waals surface area contributed by atoms with E-state index in [0.717, 1.165) is 5.56 Å². The Labute approximate surface area is 103 Å². The first-order valence-corrected chi connectivity index (χ1v) is 5.34. The Balaban J connectivity index is 1.84. The summed E-state index contributed by atoms with van der Waals surface area (Å²) in [6, 6.07) is 9.19. The molecule has 18 heavy (non-hydrogen) atoms. The molecule has 5 heteroatoms. The molecule has 92 valence electrons. The Morgan fingerprint density at radius 3 is 2.78 bits per heavy atom. The smallest absolute Gasteiger partial charge is 0.244 e. The molecule has 0 aliphatic heterocycles. The van der Waals surface area contributed by atoms with E-state index in [4.69, 9.17) is 4.42 Å². The van der Waals surface area contributed by atoms with Crippen LogP contribution in [0.2, 0.25) is 0 Å². The lowest BCUT2D eigenvalue weighted by molar-refractivity contribution is -0.120. The van der Waals surface area contributed by atoms with Crippen LogP contribution in [-0.2, 0) is 11.2 Å². The highest BCUT2D eigenvalue weighted by molar-refractivity contribution is 5.81. The molecule has 0 bridgehead atoms. The molecule has 0 saturated heterocycles. The zero-order valence-corrected chi connectivity index (χ0v) is 9.47. The van der Waals surface area contributed by atoms with Gasteiger partial charge in [0.1, 0.15) is 11.6 Å². The van der Waals surface area contributed by atoms with Crippen molar-refractivity contribution < 1.29 is 13.6 Å². The van der Waals surface area contributed by atoms with Gasteiger partial charge in [-0.2, -0.15) is 5.10 Å². The van der Waals surface area contributed by atoms with Gasteiger partial charge in [-0.1, -0.05) is 12.1 Å². The fourth-order valence-corrected chi connectivity index (χ4v) is 1.36. The summed E-state index contributed by atoms with van der Waals surface area (Å²) in [4.78, 5) is 11.5. The molecule has 0 aliphatic carbocycles. The predicted octanol–water partition coefficient (Wildman–Crippen LogP) is 2.11. The second-order valence-corrected chi connectivity index (χ2v) is 3.61. The molecule has 0 spiro atoms. The van der Waals surface area contributed by atoms with Gasteiger partial charge >= 0.3 is 0 Å². The SMILES string of the molecule is O=C(Cc1ccc(F)cc1)N/N=C/c1ccco1. The van der Waals surface area contributed by atoms with Crippen molar-refractivity contribution in [2.24, 2.45) is 5.10 Å². The number of rotatable bonds is 4. The monoisotopic (exact) mass is 246 g/mol. The summed E-state index contributed by atoms with van der Waals surface area (Å²) in [5.41, 5.74) is 3.08. The van der Waals surface area contributed by atoms with Crippen LogP contribution in [0.3, 0.4) is 0 Å². The van der Waals surface area contributed by atoms with Gasteiger partial charge < -0.3 is 4.42 Å². The summed E-state index contributed by atoms with van der Waals surface area (Å²) in [6.45, 7) is 0. The molecule has 1 amide bonds. The summed E-state index contributed by atoms with van der Waals surface area (Å²) in [6.07, 6.45) is 3.07. The first-order valence-electron chi connectivity index (χ1n) is 5.34. The van der Waals surface area contributed by atoms with Gasteiger partial charge in [0.2, 0.25) is 5.91 Å².